The molecular formula is C27H23BrClN5O2S. The van der Waals surface area contributed by atoms with Crippen LogP contribution in [0.5, 0.6) is 0 Å². The zero-order valence-corrected chi connectivity index (χ0v) is 22.8. The van der Waals surface area contributed by atoms with Crippen LogP contribution in [-0.2, 0) is 10.0 Å². The molecule has 0 bridgehead atoms. The van der Waals surface area contributed by atoms with Gasteiger partial charge in [-0.25, -0.2) is 18.1 Å². The Morgan fingerprint density at radius 1 is 0.892 bits per heavy atom. The number of rotatable bonds is 9. The molecule has 2 N–H and O–H groups in total. The van der Waals surface area contributed by atoms with E-state index in [1.807, 2.05) is 72.8 Å². The van der Waals surface area contributed by atoms with Crippen molar-refractivity contribution in [3.63, 3.8) is 0 Å². The summed E-state index contributed by atoms with van der Waals surface area (Å²) in [6.07, 6.45) is 2.25. The summed E-state index contributed by atoms with van der Waals surface area (Å²) in [6, 6.07) is 26.1. The smallest absolute Gasteiger partial charge is 0.240 e. The molecular weight excluding hydrogens is 574 g/mol. The normalized spacial score (nSPS) is 11.6. The van der Waals surface area contributed by atoms with Gasteiger partial charge in [-0.3, -0.25) is 0 Å². The van der Waals surface area contributed by atoms with Crippen LogP contribution in [0.4, 0.5) is 5.82 Å². The lowest BCUT2D eigenvalue weighted by atomic mass is 10.1. The molecule has 0 radical (unpaired) electrons. The monoisotopic (exact) mass is 595 g/mol. The van der Waals surface area contributed by atoms with Crippen molar-refractivity contribution < 1.29 is 8.42 Å². The Balaban J connectivity index is 1.23. The first-order chi connectivity index (χ1) is 17.9. The van der Waals surface area contributed by atoms with Crippen LogP contribution < -0.4 is 10.0 Å². The molecule has 3 aromatic carbocycles. The number of nitrogens with zero attached hydrogens (tertiary/aromatic N) is 3. The molecule has 5 aromatic rings. The van der Waals surface area contributed by atoms with E-state index in [0.717, 1.165) is 27.0 Å². The van der Waals surface area contributed by atoms with Gasteiger partial charge in [0.05, 0.1) is 21.3 Å². The second kappa shape index (κ2) is 11.0. The van der Waals surface area contributed by atoms with Crippen molar-refractivity contribution in [3.8, 4) is 22.4 Å². The van der Waals surface area contributed by atoms with E-state index in [4.69, 9.17) is 16.6 Å². The molecule has 5 rings (SSSR count). The van der Waals surface area contributed by atoms with E-state index in [-0.39, 0.29) is 11.4 Å². The van der Waals surface area contributed by atoms with Gasteiger partial charge in [0.2, 0.25) is 10.0 Å². The van der Waals surface area contributed by atoms with Gasteiger partial charge in [-0.2, -0.15) is 9.61 Å². The summed E-state index contributed by atoms with van der Waals surface area (Å²) < 4.78 is 30.6. The summed E-state index contributed by atoms with van der Waals surface area (Å²) in [5, 5.41) is 8.33. The minimum atomic E-state index is -3.61. The number of hydrogen-bond acceptors (Lipinski definition) is 5. The van der Waals surface area contributed by atoms with Crippen LogP contribution in [0.15, 0.2) is 100 Å². The lowest BCUT2D eigenvalue weighted by molar-refractivity contribution is 0.580. The number of halogens is 2. The van der Waals surface area contributed by atoms with Crippen molar-refractivity contribution in [2.75, 3.05) is 18.4 Å². The average molecular weight is 597 g/mol. The van der Waals surface area contributed by atoms with Gasteiger partial charge >= 0.3 is 0 Å². The van der Waals surface area contributed by atoms with E-state index in [2.05, 4.69) is 31.1 Å². The topological polar surface area (TPSA) is 88.4 Å². The van der Waals surface area contributed by atoms with Gasteiger partial charge in [-0.1, -0.05) is 72.3 Å². The summed E-state index contributed by atoms with van der Waals surface area (Å²) in [7, 11) is -3.61. The third-order valence-corrected chi connectivity index (χ3v) is 8.17. The lowest BCUT2D eigenvalue weighted by Crippen LogP contribution is -2.26. The van der Waals surface area contributed by atoms with Crippen LogP contribution in [0.1, 0.15) is 6.42 Å². The molecule has 0 aliphatic heterocycles. The van der Waals surface area contributed by atoms with E-state index < -0.39 is 10.0 Å². The molecule has 0 aliphatic carbocycles. The van der Waals surface area contributed by atoms with Gasteiger partial charge in [0, 0.05) is 29.7 Å². The number of benzene rings is 3. The minimum Gasteiger partial charge on any atom is -0.370 e. The van der Waals surface area contributed by atoms with Crippen LogP contribution >= 0.6 is 27.5 Å². The molecule has 2 heterocycles. The zero-order chi connectivity index (χ0) is 25.8. The fourth-order valence-corrected chi connectivity index (χ4v) is 5.58. The van der Waals surface area contributed by atoms with Crippen molar-refractivity contribution in [2.45, 2.75) is 11.3 Å². The molecule has 0 saturated carbocycles. The van der Waals surface area contributed by atoms with Gasteiger partial charge < -0.3 is 5.32 Å². The van der Waals surface area contributed by atoms with Crippen molar-refractivity contribution in [1.29, 1.82) is 0 Å². The molecule has 0 aliphatic rings. The predicted molar refractivity (Wildman–Crippen MR) is 151 cm³/mol. The summed E-state index contributed by atoms with van der Waals surface area (Å²) in [5.74, 6) is 0.727. The molecule has 7 nitrogen and oxygen atoms in total. The third kappa shape index (κ3) is 5.70. The molecule has 0 saturated heterocycles. The highest BCUT2D eigenvalue weighted by molar-refractivity contribution is 9.10. The van der Waals surface area contributed by atoms with Crippen LogP contribution in [0.25, 0.3) is 28.0 Å². The van der Waals surface area contributed by atoms with Crippen molar-refractivity contribution in [3.05, 3.63) is 101 Å². The Kier molecular flexibility index (Phi) is 7.57. The minimum absolute atomic E-state index is 0.238. The fourth-order valence-electron chi connectivity index (χ4n) is 3.92. The van der Waals surface area contributed by atoms with Crippen molar-refractivity contribution in [2.24, 2.45) is 0 Å². The summed E-state index contributed by atoms with van der Waals surface area (Å²) in [5.41, 5.74) is 4.18. The first kappa shape index (κ1) is 25.4. The second-order valence-corrected chi connectivity index (χ2v) is 11.3. The Morgan fingerprint density at radius 2 is 1.59 bits per heavy atom. The maximum absolute atomic E-state index is 12.8. The molecule has 2 aromatic heterocycles. The van der Waals surface area contributed by atoms with E-state index in [0.29, 0.717) is 29.3 Å². The highest BCUT2D eigenvalue weighted by Crippen LogP contribution is 2.30. The van der Waals surface area contributed by atoms with E-state index in [1.165, 1.54) is 0 Å². The van der Waals surface area contributed by atoms with Crippen molar-refractivity contribution >= 4 is 49.0 Å². The van der Waals surface area contributed by atoms with Crippen LogP contribution in [0, 0.1) is 0 Å². The third-order valence-electron chi connectivity index (χ3n) is 5.80. The highest BCUT2D eigenvalue weighted by Gasteiger charge is 2.15. The van der Waals surface area contributed by atoms with Gasteiger partial charge in [0.1, 0.15) is 5.82 Å². The molecule has 37 heavy (non-hydrogen) atoms. The number of fused-ring (bicyclic) bond motifs is 1. The molecule has 0 amide bonds. The SMILES string of the molecule is O=S(=O)(NCCCNc1cc(-c2ccccc2Cl)nc2c(Br)cnn12)c1ccc(-c2ccccc2)cc1. The molecule has 0 unspecified atom stereocenters. The summed E-state index contributed by atoms with van der Waals surface area (Å²) >= 11 is 9.89. The van der Waals surface area contributed by atoms with E-state index in [9.17, 15) is 8.42 Å². The fraction of sp³-hybridized carbons (Fsp3) is 0.111. The molecule has 0 spiro atoms. The number of sulfonamides is 1. The number of anilines is 1. The quantitative estimate of drug-likeness (QED) is 0.196. The molecule has 188 valence electrons. The van der Waals surface area contributed by atoms with Gasteiger partial charge in [0.25, 0.3) is 0 Å². The summed E-state index contributed by atoms with van der Waals surface area (Å²) in [6.45, 7) is 0.804. The zero-order valence-electron chi connectivity index (χ0n) is 19.6. The van der Waals surface area contributed by atoms with Crippen LogP contribution in [-0.4, -0.2) is 36.1 Å². The molecule has 0 atom stereocenters. The number of hydrogen-bond donors (Lipinski definition) is 2. The number of nitrogens with one attached hydrogen (secondary N) is 2. The predicted octanol–water partition coefficient (Wildman–Crippen LogP) is 6.26. The first-order valence-corrected chi connectivity index (χ1v) is 14.3. The maximum Gasteiger partial charge on any atom is 0.240 e. The molecule has 10 heteroatoms. The standard InChI is InChI=1S/C27H23BrClN5O2S/c28-23-18-31-34-26(17-25(33-27(23)34)22-9-4-5-10-24(22)29)30-15-6-16-32-37(35,36)21-13-11-20(12-14-21)19-7-2-1-3-8-19/h1-5,7-14,17-18,30,32H,6,15-16H2. The second-order valence-electron chi connectivity index (χ2n) is 8.30. The van der Waals surface area contributed by atoms with Gasteiger partial charge in [-0.05, 0) is 51.7 Å². The van der Waals surface area contributed by atoms with Crippen LogP contribution in [0.2, 0.25) is 5.02 Å². The Hall–Kier alpha value is -3.24. The summed E-state index contributed by atoms with van der Waals surface area (Å²) in [4.78, 5) is 4.94. The van der Waals surface area contributed by atoms with Crippen LogP contribution in [0.3, 0.4) is 0 Å². The van der Waals surface area contributed by atoms with E-state index in [1.54, 1.807) is 22.8 Å². The first-order valence-electron chi connectivity index (χ1n) is 11.6. The maximum atomic E-state index is 12.8. The lowest BCUT2D eigenvalue weighted by Gasteiger charge is -2.12. The van der Waals surface area contributed by atoms with Gasteiger partial charge in [0.15, 0.2) is 5.65 Å². The average Bonchev–Trinajstić information content (AvgIpc) is 3.30. The largest absolute Gasteiger partial charge is 0.370 e. The van der Waals surface area contributed by atoms with Crippen molar-refractivity contribution in [1.82, 2.24) is 19.3 Å². The Morgan fingerprint density at radius 3 is 2.35 bits per heavy atom. The van der Waals surface area contributed by atoms with E-state index >= 15 is 0 Å². The highest BCUT2D eigenvalue weighted by atomic mass is 79.9. The van der Waals surface area contributed by atoms with Gasteiger partial charge in [-0.15, -0.1) is 0 Å². The Bertz CT molecular complexity index is 1640. The Labute approximate surface area is 228 Å². The molecule has 0 fully saturated rings. The number of aromatic nitrogens is 3.